The van der Waals surface area contributed by atoms with Gasteiger partial charge in [0.15, 0.2) is 0 Å². The fraction of sp³-hybridized carbons (Fsp3) is 0.222. The van der Waals surface area contributed by atoms with E-state index in [9.17, 15) is 5.11 Å². The smallest absolute Gasteiger partial charge is 0.138 e. The maximum Gasteiger partial charge on any atom is 0.138 e. The molecule has 0 saturated carbocycles. The highest BCUT2D eigenvalue weighted by molar-refractivity contribution is 6.15. The topological polar surface area (TPSA) is 47.9 Å². The van der Waals surface area contributed by atoms with Gasteiger partial charge in [-0.1, -0.05) is 18.2 Å². The average Bonchev–Trinajstić information content (AvgIpc) is 2.55. The van der Waals surface area contributed by atoms with Gasteiger partial charge >= 0.3 is 0 Å². The molecule has 3 aromatic carbocycles. The fourth-order valence-corrected chi connectivity index (χ4v) is 3.02. The maximum absolute atomic E-state index is 10.3. The zero-order valence-electron chi connectivity index (χ0n) is 13.1. The minimum Gasteiger partial charge on any atom is -0.507 e. The lowest BCUT2D eigenvalue weighted by atomic mass is 9.96. The third kappa shape index (κ3) is 1.84. The Morgan fingerprint density at radius 3 is 2.14 bits per heavy atom. The first-order valence-corrected chi connectivity index (χ1v) is 6.97. The van der Waals surface area contributed by atoms with Crippen molar-refractivity contribution in [1.82, 2.24) is 0 Å². The summed E-state index contributed by atoms with van der Waals surface area (Å²) in [6.07, 6.45) is 0. The number of hydrogen-bond acceptors (Lipinski definition) is 4. The molecule has 0 bridgehead atoms. The second kappa shape index (κ2) is 5.30. The van der Waals surface area contributed by atoms with Gasteiger partial charge in [-0.2, -0.15) is 0 Å². The Bertz CT molecular complexity index is 868. The van der Waals surface area contributed by atoms with Crippen LogP contribution in [0.15, 0.2) is 30.3 Å². The highest BCUT2D eigenvalue weighted by Crippen LogP contribution is 2.49. The number of phenolic OH excluding ortho intramolecular Hbond substituents is 1. The summed E-state index contributed by atoms with van der Waals surface area (Å²) in [7, 11) is 4.85. The Hall–Kier alpha value is -2.62. The van der Waals surface area contributed by atoms with Crippen molar-refractivity contribution < 1.29 is 19.3 Å². The highest BCUT2D eigenvalue weighted by atomic mass is 16.5. The molecular formula is C18H18O4. The second-order valence-electron chi connectivity index (χ2n) is 5.10. The molecule has 0 aliphatic heterocycles. The van der Waals surface area contributed by atoms with Crippen molar-refractivity contribution in [3.63, 3.8) is 0 Å². The number of aromatic hydroxyl groups is 1. The molecule has 3 aromatic rings. The molecule has 4 heteroatoms. The Labute approximate surface area is 128 Å². The normalized spacial score (nSPS) is 10.9. The Balaban J connectivity index is 2.71. The molecule has 0 spiro atoms. The van der Waals surface area contributed by atoms with E-state index < -0.39 is 0 Å². The van der Waals surface area contributed by atoms with Gasteiger partial charge in [-0.15, -0.1) is 0 Å². The summed E-state index contributed by atoms with van der Waals surface area (Å²) >= 11 is 0. The van der Waals surface area contributed by atoms with Crippen molar-refractivity contribution in [1.29, 1.82) is 0 Å². The number of ether oxygens (including phenoxy) is 3. The molecule has 3 rings (SSSR count). The number of methoxy groups -OCH3 is 3. The van der Waals surface area contributed by atoms with Gasteiger partial charge in [0.05, 0.1) is 32.1 Å². The molecule has 0 atom stereocenters. The molecule has 0 unspecified atom stereocenters. The lowest BCUT2D eigenvalue weighted by Gasteiger charge is -2.18. The molecule has 0 aliphatic carbocycles. The van der Waals surface area contributed by atoms with Crippen LogP contribution >= 0.6 is 0 Å². The number of aryl methyl sites for hydroxylation is 1. The number of rotatable bonds is 3. The minimum absolute atomic E-state index is 0.167. The first-order chi connectivity index (χ1) is 10.6. The van der Waals surface area contributed by atoms with Crippen molar-refractivity contribution in [2.24, 2.45) is 0 Å². The summed E-state index contributed by atoms with van der Waals surface area (Å²) in [5, 5.41) is 13.5. The molecule has 0 amide bonds. The van der Waals surface area contributed by atoms with Gasteiger partial charge < -0.3 is 19.3 Å². The van der Waals surface area contributed by atoms with E-state index in [2.05, 4.69) is 0 Å². The van der Waals surface area contributed by atoms with E-state index in [4.69, 9.17) is 14.2 Å². The van der Waals surface area contributed by atoms with Gasteiger partial charge in [0, 0.05) is 10.8 Å². The van der Waals surface area contributed by atoms with E-state index in [0.717, 1.165) is 21.7 Å². The van der Waals surface area contributed by atoms with Crippen molar-refractivity contribution in [3.05, 3.63) is 35.9 Å². The molecule has 0 saturated heterocycles. The molecule has 1 N–H and O–H groups in total. The monoisotopic (exact) mass is 298 g/mol. The van der Waals surface area contributed by atoms with Crippen LogP contribution in [-0.4, -0.2) is 26.4 Å². The molecule has 114 valence electrons. The largest absolute Gasteiger partial charge is 0.507 e. The third-order valence-corrected chi connectivity index (χ3v) is 3.97. The maximum atomic E-state index is 10.3. The van der Waals surface area contributed by atoms with Crippen molar-refractivity contribution >= 4 is 21.5 Å². The van der Waals surface area contributed by atoms with Gasteiger partial charge in [0.1, 0.15) is 23.0 Å². The molecule has 0 aromatic heterocycles. The molecule has 4 nitrogen and oxygen atoms in total. The van der Waals surface area contributed by atoms with Crippen LogP contribution in [0.3, 0.4) is 0 Å². The lowest BCUT2D eigenvalue weighted by Crippen LogP contribution is -1.96. The van der Waals surface area contributed by atoms with Crippen molar-refractivity contribution in [2.75, 3.05) is 21.3 Å². The van der Waals surface area contributed by atoms with Gasteiger partial charge in [0.2, 0.25) is 0 Å². The molecule has 22 heavy (non-hydrogen) atoms. The summed E-state index contributed by atoms with van der Waals surface area (Å²) in [6, 6.07) is 9.24. The van der Waals surface area contributed by atoms with Crippen molar-refractivity contribution in [2.45, 2.75) is 6.92 Å². The van der Waals surface area contributed by atoms with E-state index in [1.807, 2.05) is 31.2 Å². The fourth-order valence-electron chi connectivity index (χ4n) is 3.02. The van der Waals surface area contributed by atoms with Crippen LogP contribution in [0.1, 0.15) is 5.56 Å². The number of phenols is 1. The van der Waals surface area contributed by atoms with E-state index >= 15 is 0 Å². The Morgan fingerprint density at radius 2 is 1.50 bits per heavy atom. The van der Waals surface area contributed by atoms with Crippen LogP contribution in [0.25, 0.3) is 21.5 Å². The molecule has 0 fully saturated rings. The predicted molar refractivity (Wildman–Crippen MR) is 87.5 cm³/mol. The van der Waals surface area contributed by atoms with Crippen LogP contribution in [0, 0.1) is 6.92 Å². The number of benzene rings is 3. The average molecular weight is 298 g/mol. The standard InChI is InChI=1S/C18H18O4/c1-10-8-9-12(19)16-14(10)18(22-4)15-11(17(16)21-3)6-5-7-13(15)20-2/h5-9,19H,1-4H3. The molecule has 0 heterocycles. The van der Waals surface area contributed by atoms with E-state index in [1.165, 1.54) is 0 Å². The minimum atomic E-state index is 0.167. The van der Waals surface area contributed by atoms with Crippen LogP contribution < -0.4 is 14.2 Å². The number of hydrogen-bond donors (Lipinski definition) is 1. The summed E-state index contributed by atoms with van der Waals surface area (Å²) in [5.41, 5.74) is 0.996. The number of fused-ring (bicyclic) bond motifs is 2. The summed E-state index contributed by atoms with van der Waals surface area (Å²) < 4.78 is 16.8. The first-order valence-electron chi connectivity index (χ1n) is 6.97. The SMILES string of the molecule is COc1cccc2c(OC)c3c(O)ccc(C)c3c(OC)c12. The van der Waals surface area contributed by atoms with E-state index in [0.29, 0.717) is 22.6 Å². The highest BCUT2D eigenvalue weighted by Gasteiger charge is 2.21. The zero-order valence-corrected chi connectivity index (χ0v) is 13.1. The zero-order chi connectivity index (χ0) is 15.9. The Kier molecular flexibility index (Phi) is 3.45. The van der Waals surface area contributed by atoms with Gasteiger partial charge in [-0.3, -0.25) is 0 Å². The van der Waals surface area contributed by atoms with E-state index in [-0.39, 0.29) is 5.75 Å². The van der Waals surface area contributed by atoms with Gasteiger partial charge in [-0.05, 0) is 24.6 Å². The van der Waals surface area contributed by atoms with Crippen molar-refractivity contribution in [3.8, 4) is 23.0 Å². The molecule has 0 radical (unpaired) electrons. The predicted octanol–water partition coefficient (Wildman–Crippen LogP) is 4.03. The van der Waals surface area contributed by atoms with Gasteiger partial charge in [0.25, 0.3) is 0 Å². The summed E-state index contributed by atoms with van der Waals surface area (Å²) in [5.74, 6) is 2.17. The molecule has 0 aliphatic rings. The lowest BCUT2D eigenvalue weighted by molar-refractivity contribution is 0.403. The summed E-state index contributed by atoms with van der Waals surface area (Å²) in [4.78, 5) is 0. The van der Waals surface area contributed by atoms with Crippen LogP contribution in [0.2, 0.25) is 0 Å². The van der Waals surface area contributed by atoms with Gasteiger partial charge in [-0.25, -0.2) is 0 Å². The Morgan fingerprint density at radius 1 is 0.773 bits per heavy atom. The van der Waals surface area contributed by atoms with Crippen LogP contribution in [0.5, 0.6) is 23.0 Å². The molecular weight excluding hydrogens is 280 g/mol. The van der Waals surface area contributed by atoms with Crippen LogP contribution in [0.4, 0.5) is 0 Å². The van der Waals surface area contributed by atoms with Crippen LogP contribution in [-0.2, 0) is 0 Å². The first kappa shape index (κ1) is 14.3. The quantitative estimate of drug-likeness (QED) is 0.742. The second-order valence-corrected chi connectivity index (χ2v) is 5.10. The summed E-state index contributed by atoms with van der Waals surface area (Å²) in [6.45, 7) is 1.98. The third-order valence-electron chi connectivity index (χ3n) is 3.97. The van der Waals surface area contributed by atoms with E-state index in [1.54, 1.807) is 27.4 Å².